The molecule has 16 nitrogen and oxygen atoms in total. The zero-order valence-corrected chi connectivity index (χ0v) is 31.8. The molecule has 3 aliphatic rings. The minimum absolute atomic E-state index is 0.0597. The molecule has 0 spiro atoms. The smallest absolute Gasteiger partial charge is 0.335 e. The third kappa shape index (κ3) is 6.93. The average Bonchev–Trinajstić information content (AvgIpc) is 3.70. The van der Waals surface area contributed by atoms with E-state index in [-0.39, 0.29) is 18.5 Å². The molecule has 0 radical (unpaired) electrons. The van der Waals surface area contributed by atoms with E-state index in [1.54, 1.807) is 19.9 Å². The average molecular weight is 763 g/mol. The van der Waals surface area contributed by atoms with Gasteiger partial charge in [-0.3, -0.25) is 28.8 Å². The molecule has 1 aliphatic heterocycles. The fourth-order valence-electron chi connectivity index (χ4n) is 9.16. The predicted molar refractivity (Wildman–Crippen MR) is 183 cm³/mol. The summed E-state index contributed by atoms with van der Waals surface area (Å²) in [5.74, 6) is -9.90. The highest BCUT2D eigenvalue weighted by Gasteiger charge is 2.77. The summed E-state index contributed by atoms with van der Waals surface area (Å²) in [4.78, 5) is 92.7. The van der Waals surface area contributed by atoms with E-state index in [1.165, 1.54) is 33.3 Å². The number of ether oxygens (including phenoxy) is 6. The number of aliphatic hydroxyl groups is 2. The molecule has 1 aromatic heterocycles. The van der Waals surface area contributed by atoms with Gasteiger partial charge in [-0.15, -0.1) is 0 Å². The SMILES string of the molecule is C=C1[C@H]([C@]2(C)[C@@H](OC(C)=O)CC(=O)O[C@@](C)(COC(C)=O)[C@@H]2CC(=O)OC)[C@@H](OC=O)[C@H](OC(=O)[C@H](O)[C@H](C)CC)[C@@]2(C)[C@@H](c3ccoc3)CC(=O)[C@]12O. The van der Waals surface area contributed by atoms with Gasteiger partial charge in [0.2, 0.25) is 0 Å². The molecule has 16 heteroatoms. The number of fused-ring (bicyclic) bond motifs is 1. The Bertz CT molecular complexity index is 1650. The number of hydrogen-bond acceptors (Lipinski definition) is 16. The number of rotatable bonds is 13. The van der Waals surface area contributed by atoms with Crippen molar-refractivity contribution < 1.29 is 76.6 Å². The van der Waals surface area contributed by atoms with Crippen LogP contribution in [0.15, 0.2) is 35.2 Å². The minimum atomic E-state index is -2.60. The van der Waals surface area contributed by atoms with Crippen LogP contribution in [-0.2, 0) is 62.0 Å². The van der Waals surface area contributed by atoms with Gasteiger partial charge in [0.1, 0.15) is 30.5 Å². The van der Waals surface area contributed by atoms with E-state index in [4.69, 9.17) is 32.8 Å². The first kappa shape index (κ1) is 42.2. The zero-order valence-electron chi connectivity index (χ0n) is 31.8. The van der Waals surface area contributed by atoms with E-state index in [0.29, 0.717) is 12.0 Å². The monoisotopic (exact) mass is 762 g/mol. The van der Waals surface area contributed by atoms with Crippen LogP contribution in [0.2, 0.25) is 0 Å². The summed E-state index contributed by atoms with van der Waals surface area (Å²) >= 11 is 0. The van der Waals surface area contributed by atoms with Gasteiger partial charge >= 0.3 is 29.8 Å². The molecule has 0 aromatic carbocycles. The lowest BCUT2D eigenvalue weighted by atomic mass is 9.46. The Balaban J connectivity index is 2.13. The molecule has 2 N–H and O–H groups in total. The predicted octanol–water partition coefficient (Wildman–Crippen LogP) is 2.51. The van der Waals surface area contributed by atoms with Gasteiger partial charge in [0.25, 0.3) is 6.47 Å². The zero-order chi connectivity index (χ0) is 40.6. The molecule has 12 atom stereocenters. The van der Waals surface area contributed by atoms with E-state index in [9.17, 15) is 43.8 Å². The van der Waals surface area contributed by atoms with Crippen molar-refractivity contribution in [2.24, 2.45) is 28.6 Å². The molecule has 2 heterocycles. The Labute approximate surface area is 312 Å². The van der Waals surface area contributed by atoms with Crippen molar-refractivity contribution in [1.29, 1.82) is 0 Å². The number of esters is 5. The Morgan fingerprint density at radius 3 is 2.30 bits per heavy atom. The maximum Gasteiger partial charge on any atom is 0.335 e. The van der Waals surface area contributed by atoms with Crippen LogP contribution in [-0.4, -0.2) is 102 Å². The highest BCUT2D eigenvalue weighted by molar-refractivity contribution is 5.96. The van der Waals surface area contributed by atoms with Crippen LogP contribution in [0.25, 0.3) is 0 Å². The highest BCUT2D eigenvalue weighted by atomic mass is 16.6. The Hall–Kier alpha value is -4.57. The normalized spacial score (nSPS) is 36.1. The minimum Gasteiger partial charge on any atom is -0.472 e. The lowest BCUT2D eigenvalue weighted by molar-refractivity contribution is -0.239. The molecule has 0 unspecified atom stereocenters. The fraction of sp³-hybridized carbons (Fsp3) is 0.658. The fourth-order valence-corrected chi connectivity index (χ4v) is 9.16. The van der Waals surface area contributed by atoms with E-state index in [0.717, 1.165) is 21.0 Å². The van der Waals surface area contributed by atoms with Gasteiger partial charge in [-0.25, -0.2) is 4.79 Å². The van der Waals surface area contributed by atoms with E-state index in [2.05, 4.69) is 6.58 Å². The number of hydrogen-bond donors (Lipinski definition) is 2. The van der Waals surface area contributed by atoms with E-state index in [1.807, 2.05) is 0 Å². The first-order valence-electron chi connectivity index (χ1n) is 17.7. The van der Waals surface area contributed by atoms with Gasteiger partial charge in [-0.05, 0) is 30.0 Å². The lowest BCUT2D eigenvalue weighted by Gasteiger charge is -2.61. The van der Waals surface area contributed by atoms with Gasteiger partial charge < -0.3 is 43.1 Å². The van der Waals surface area contributed by atoms with Crippen LogP contribution in [0.3, 0.4) is 0 Å². The summed E-state index contributed by atoms with van der Waals surface area (Å²) in [6.45, 7) is 13.5. The van der Waals surface area contributed by atoms with Crippen molar-refractivity contribution in [3.8, 4) is 0 Å². The number of ketones is 1. The quantitative estimate of drug-likeness (QED) is 0.127. The molecule has 2 aliphatic carbocycles. The first-order chi connectivity index (χ1) is 25.2. The number of cyclic esters (lactones) is 1. The Morgan fingerprint density at radius 2 is 1.76 bits per heavy atom. The van der Waals surface area contributed by atoms with Gasteiger partial charge in [0, 0.05) is 43.4 Å². The van der Waals surface area contributed by atoms with Crippen LogP contribution in [0, 0.1) is 28.6 Å². The summed E-state index contributed by atoms with van der Waals surface area (Å²) in [7, 11) is 1.10. The number of Topliss-reactive ketones (excluding diaryl/α,β-unsaturated/α-hetero) is 1. The number of methoxy groups -OCH3 is 1. The van der Waals surface area contributed by atoms with Crippen LogP contribution in [0.4, 0.5) is 0 Å². The van der Waals surface area contributed by atoms with E-state index >= 15 is 0 Å². The second-order valence-corrected chi connectivity index (χ2v) is 15.2. The molecule has 0 bridgehead atoms. The highest BCUT2D eigenvalue weighted by Crippen LogP contribution is 2.68. The molecule has 298 valence electrons. The molecular formula is C38H50O16. The summed E-state index contributed by atoms with van der Waals surface area (Å²) in [5, 5.41) is 24.1. The van der Waals surface area contributed by atoms with Crippen molar-refractivity contribution >= 4 is 42.1 Å². The van der Waals surface area contributed by atoms with Gasteiger partial charge in [-0.1, -0.05) is 40.7 Å². The molecule has 0 amide bonds. The van der Waals surface area contributed by atoms with Crippen LogP contribution < -0.4 is 0 Å². The summed E-state index contributed by atoms with van der Waals surface area (Å²) < 4.78 is 39.4. The number of carbonyl (C=O) groups is 7. The molecule has 2 saturated carbocycles. The van der Waals surface area contributed by atoms with Crippen LogP contribution in [0.1, 0.15) is 85.6 Å². The second-order valence-electron chi connectivity index (χ2n) is 15.2. The maximum atomic E-state index is 14.4. The molecule has 1 saturated heterocycles. The van der Waals surface area contributed by atoms with Gasteiger partial charge in [0.05, 0.1) is 37.9 Å². The Morgan fingerprint density at radius 1 is 1.09 bits per heavy atom. The third-order valence-electron chi connectivity index (χ3n) is 12.2. The van der Waals surface area contributed by atoms with Crippen molar-refractivity contribution in [1.82, 2.24) is 0 Å². The van der Waals surface area contributed by atoms with Crippen molar-refractivity contribution in [3.05, 3.63) is 36.3 Å². The third-order valence-corrected chi connectivity index (χ3v) is 12.2. The van der Waals surface area contributed by atoms with Crippen molar-refractivity contribution in [3.63, 3.8) is 0 Å². The molecule has 3 fully saturated rings. The van der Waals surface area contributed by atoms with Gasteiger partial charge in [0.15, 0.2) is 17.5 Å². The van der Waals surface area contributed by atoms with Gasteiger partial charge in [-0.2, -0.15) is 0 Å². The van der Waals surface area contributed by atoms with Crippen LogP contribution >= 0.6 is 0 Å². The second kappa shape index (κ2) is 15.7. The molecule has 54 heavy (non-hydrogen) atoms. The standard InChI is InChI=1S/C38H50O16/c1-10-19(2)31(45)34(46)53-33-32(51-18-39)30(20(3)38(47)26(42)13-24(37(33,38)8)23-11-12-49-16-23)36(7)25(14-28(43)48-9)35(6,17-50-21(4)40)54-29(44)15-27(36)52-22(5)41/h11-12,16,18-19,24-25,27,30-33,45,47H,3,10,13-15,17H2,1-2,4-9H3/t19-,24-,25+,27+,30+,31-,32-,33+,35+,36+,37-,38-/m1/s1. The van der Waals surface area contributed by atoms with Crippen molar-refractivity contribution in [2.75, 3.05) is 13.7 Å². The van der Waals surface area contributed by atoms with E-state index < -0.39 is 125 Å². The topological polar surface area (TPSA) is 228 Å². The lowest BCUT2D eigenvalue weighted by Crippen LogP contribution is -2.72. The number of aliphatic hydroxyl groups excluding tert-OH is 1. The summed E-state index contributed by atoms with van der Waals surface area (Å²) in [5.41, 5.74) is -8.16. The Kier molecular flexibility index (Phi) is 12.2. The molecular weight excluding hydrogens is 712 g/mol. The molecule has 1 aromatic rings. The molecule has 4 rings (SSSR count). The summed E-state index contributed by atoms with van der Waals surface area (Å²) in [6, 6.07) is 1.56. The summed E-state index contributed by atoms with van der Waals surface area (Å²) in [6.07, 6.45) is -5.26. The largest absolute Gasteiger partial charge is 0.472 e. The van der Waals surface area contributed by atoms with Crippen molar-refractivity contribution in [2.45, 2.75) is 116 Å². The van der Waals surface area contributed by atoms with Crippen LogP contribution in [0.5, 0.6) is 0 Å². The number of carbonyl (C=O) groups excluding carboxylic acids is 7. The first-order valence-corrected chi connectivity index (χ1v) is 17.7. The number of furan rings is 1. The maximum absolute atomic E-state index is 14.4.